The van der Waals surface area contributed by atoms with Gasteiger partial charge in [-0.1, -0.05) is 0 Å². The minimum absolute atomic E-state index is 0.0374. The maximum absolute atomic E-state index is 12.9. The van der Waals surface area contributed by atoms with Crippen molar-refractivity contribution >= 4 is 17.5 Å². The average Bonchev–Trinajstić information content (AvgIpc) is 3.08. The Bertz CT molecular complexity index is 671. The summed E-state index contributed by atoms with van der Waals surface area (Å²) >= 11 is 0. The zero-order valence-electron chi connectivity index (χ0n) is 15.8. The molecule has 0 bridgehead atoms. The van der Waals surface area contributed by atoms with E-state index in [1.807, 2.05) is 11.0 Å². The number of amides is 2. The zero-order chi connectivity index (χ0) is 18.7. The minimum atomic E-state index is -0.280. The molecule has 26 heavy (non-hydrogen) atoms. The Kier molecular flexibility index (Phi) is 5.66. The van der Waals surface area contributed by atoms with Crippen LogP contribution in [0.15, 0.2) is 18.2 Å². The highest BCUT2D eigenvalue weighted by Crippen LogP contribution is 2.36. The van der Waals surface area contributed by atoms with Crippen LogP contribution in [0.3, 0.4) is 0 Å². The topological polar surface area (TPSA) is 63.5 Å². The maximum atomic E-state index is 12.9. The third-order valence-electron chi connectivity index (χ3n) is 5.43. The van der Waals surface area contributed by atoms with Gasteiger partial charge in [-0.05, 0) is 19.1 Å². The quantitative estimate of drug-likeness (QED) is 0.788. The predicted molar refractivity (Wildman–Crippen MR) is 97.8 cm³/mol. The number of methoxy groups -OCH3 is 2. The lowest BCUT2D eigenvalue weighted by Gasteiger charge is -2.33. The molecule has 0 aromatic heterocycles. The van der Waals surface area contributed by atoms with Crippen LogP contribution in [-0.4, -0.2) is 70.2 Å². The molecule has 2 heterocycles. The molecule has 0 saturated carbocycles. The van der Waals surface area contributed by atoms with Crippen molar-refractivity contribution < 1.29 is 24.0 Å². The van der Waals surface area contributed by atoms with Crippen LogP contribution < -0.4 is 19.3 Å². The highest BCUT2D eigenvalue weighted by atomic mass is 16.5. The standard InChI is InChI=1S/C19H27N3O4/c1-4-20-7-9-21(10-8-20)19(24)14-11-18(23)22(13-14)16-6-5-15(25-2)12-17(16)26-3/h5-6,12,14H,4,7-11,13H2,1-3H3/p+1/t14-/m0/s1. The molecule has 142 valence electrons. The summed E-state index contributed by atoms with van der Waals surface area (Å²) in [5, 5.41) is 0. The first kappa shape index (κ1) is 18.5. The lowest BCUT2D eigenvalue weighted by atomic mass is 10.1. The number of hydrogen-bond acceptors (Lipinski definition) is 4. The van der Waals surface area contributed by atoms with Gasteiger partial charge >= 0.3 is 0 Å². The Balaban J connectivity index is 1.70. The second kappa shape index (κ2) is 7.95. The van der Waals surface area contributed by atoms with Crippen LogP contribution in [0.1, 0.15) is 13.3 Å². The van der Waals surface area contributed by atoms with Gasteiger partial charge in [-0.15, -0.1) is 0 Å². The summed E-state index contributed by atoms with van der Waals surface area (Å²) in [5.74, 6) is 1.03. The number of carbonyl (C=O) groups is 2. The third kappa shape index (κ3) is 3.62. The van der Waals surface area contributed by atoms with E-state index < -0.39 is 0 Å². The van der Waals surface area contributed by atoms with Gasteiger partial charge < -0.3 is 24.2 Å². The summed E-state index contributed by atoms with van der Waals surface area (Å²) in [6.45, 7) is 7.19. The van der Waals surface area contributed by atoms with E-state index in [2.05, 4.69) is 6.92 Å². The van der Waals surface area contributed by atoms with Crippen LogP contribution >= 0.6 is 0 Å². The van der Waals surface area contributed by atoms with E-state index in [-0.39, 0.29) is 24.2 Å². The summed E-state index contributed by atoms with van der Waals surface area (Å²) in [6, 6.07) is 5.36. The number of nitrogens with one attached hydrogen (secondary N) is 1. The molecule has 1 aromatic carbocycles. The summed E-state index contributed by atoms with van der Waals surface area (Å²) in [5.41, 5.74) is 0.689. The molecule has 3 rings (SSSR count). The monoisotopic (exact) mass is 362 g/mol. The molecule has 2 aliphatic heterocycles. The fourth-order valence-electron chi connectivity index (χ4n) is 3.77. The molecule has 1 atom stereocenters. The van der Waals surface area contributed by atoms with E-state index >= 15 is 0 Å². The van der Waals surface area contributed by atoms with Gasteiger partial charge in [0.05, 0.1) is 58.5 Å². The molecule has 7 nitrogen and oxygen atoms in total. The van der Waals surface area contributed by atoms with E-state index in [1.165, 1.54) is 4.90 Å². The second-order valence-corrected chi connectivity index (χ2v) is 6.87. The van der Waals surface area contributed by atoms with Gasteiger partial charge in [0.2, 0.25) is 11.8 Å². The Labute approximate surface area is 154 Å². The summed E-state index contributed by atoms with van der Waals surface area (Å²) in [7, 11) is 3.15. The highest BCUT2D eigenvalue weighted by molar-refractivity contribution is 6.01. The number of anilines is 1. The number of hydrogen-bond donors (Lipinski definition) is 1. The van der Waals surface area contributed by atoms with Gasteiger partial charge in [-0.3, -0.25) is 9.59 Å². The van der Waals surface area contributed by atoms with Crippen LogP contribution in [0, 0.1) is 5.92 Å². The molecule has 0 spiro atoms. The van der Waals surface area contributed by atoms with E-state index in [9.17, 15) is 9.59 Å². The molecule has 2 saturated heterocycles. The van der Waals surface area contributed by atoms with Gasteiger partial charge in [0.25, 0.3) is 0 Å². The first-order chi connectivity index (χ1) is 12.6. The van der Waals surface area contributed by atoms with Gasteiger partial charge in [0.15, 0.2) is 0 Å². The summed E-state index contributed by atoms with van der Waals surface area (Å²) < 4.78 is 10.6. The lowest BCUT2D eigenvalue weighted by Crippen LogP contribution is -3.14. The fourth-order valence-corrected chi connectivity index (χ4v) is 3.77. The fraction of sp³-hybridized carbons (Fsp3) is 0.579. The number of likely N-dealkylation sites (N-methyl/N-ethyl adjacent to an activating group) is 1. The Morgan fingerprint density at radius 3 is 2.58 bits per heavy atom. The van der Waals surface area contributed by atoms with Crippen LogP contribution in [0.4, 0.5) is 5.69 Å². The van der Waals surface area contributed by atoms with Crippen molar-refractivity contribution in [2.45, 2.75) is 13.3 Å². The molecule has 2 fully saturated rings. The van der Waals surface area contributed by atoms with Gasteiger partial charge in [0, 0.05) is 19.0 Å². The van der Waals surface area contributed by atoms with Crippen LogP contribution in [0.5, 0.6) is 11.5 Å². The van der Waals surface area contributed by atoms with E-state index in [4.69, 9.17) is 9.47 Å². The van der Waals surface area contributed by atoms with E-state index in [1.54, 1.807) is 31.3 Å². The molecule has 2 aliphatic rings. The SMILES string of the molecule is CC[NH+]1CCN(C(=O)[C@H]2CC(=O)N(c3ccc(OC)cc3OC)C2)CC1. The van der Waals surface area contributed by atoms with Crippen LogP contribution in [0.2, 0.25) is 0 Å². The lowest BCUT2D eigenvalue weighted by molar-refractivity contribution is -0.902. The molecular weight excluding hydrogens is 334 g/mol. The minimum Gasteiger partial charge on any atom is -0.497 e. The summed E-state index contributed by atoms with van der Waals surface area (Å²) in [4.78, 5) is 30.5. The molecule has 1 aromatic rings. The van der Waals surface area contributed by atoms with Crippen LogP contribution in [-0.2, 0) is 9.59 Å². The smallest absolute Gasteiger partial charge is 0.228 e. The first-order valence-corrected chi connectivity index (χ1v) is 9.22. The normalized spacial score (nSPS) is 21.2. The Hall–Kier alpha value is -2.28. The average molecular weight is 362 g/mol. The molecular formula is C19H28N3O4+. The van der Waals surface area contributed by atoms with Crippen molar-refractivity contribution in [1.82, 2.24) is 4.90 Å². The zero-order valence-corrected chi connectivity index (χ0v) is 15.8. The van der Waals surface area contributed by atoms with Crippen molar-refractivity contribution in [2.75, 3.05) is 58.4 Å². The van der Waals surface area contributed by atoms with Crippen molar-refractivity contribution in [3.8, 4) is 11.5 Å². The van der Waals surface area contributed by atoms with Gasteiger partial charge in [0.1, 0.15) is 11.5 Å². The number of quaternary nitrogens is 1. The van der Waals surface area contributed by atoms with Crippen molar-refractivity contribution in [3.63, 3.8) is 0 Å². The highest BCUT2D eigenvalue weighted by Gasteiger charge is 2.39. The number of piperazine rings is 1. The Morgan fingerprint density at radius 2 is 1.96 bits per heavy atom. The Morgan fingerprint density at radius 1 is 1.23 bits per heavy atom. The molecule has 0 unspecified atom stereocenters. The maximum Gasteiger partial charge on any atom is 0.228 e. The number of rotatable bonds is 5. The molecule has 1 N–H and O–H groups in total. The van der Waals surface area contributed by atoms with E-state index in [0.717, 1.165) is 32.7 Å². The van der Waals surface area contributed by atoms with Crippen molar-refractivity contribution in [1.29, 1.82) is 0 Å². The van der Waals surface area contributed by atoms with E-state index in [0.29, 0.717) is 23.7 Å². The number of nitrogens with zero attached hydrogens (tertiary/aromatic N) is 2. The van der Waals surface area contributed by atoms with Crippen LogP contribution in [0.25, 0.3) is 0 Å². The molecule has 0 radical (unpaired) electrons. The largest absolute Gasteiger partial charge is 0.497 e. The number of carbonyl (C=O) groups excluding carboxylic acids is 2. The predicted octanol–water partition coefficient (Wildman–Crippen LogP) is -0.196. The number of ether oxygens (including phenoxy) is 2. The van der Waals surface area contributed by atoms with Gasteiger partial charge in [-0.25, -0.2) is 0 Å². The molecule has 0 aliphatic carbocycles. The summed E-state index contributed by atoms with van der Waals surface area (Å²) in [6.07, 6.45) is 0.259. The second-order valence-electron chi connectivity index (χ2n) is 6.87. The first-order valence-electron chi connectivity index (χ1n) is 9.22. The molecule has 7 heteroatoms. The van der Waals surface area contributed by atoms with Gasteiger partial charge in [-0.2, -0.15) is 0 Å². The van der Waals surface area contributed by atoms with Crippen molar-refractivity contribution in [2.24, 2.45) is 5.92 Å². The molecule has 2 amide bonds. The van der Waals surface area contributed by atoms with Crippen molar-refractivity contribution in [3.05, 3.63) is 18.2 Å². The number of benzene rings is 1. The third-order valence-corrected chi connectivity index (χ3v) is 5.43.